The molecule has 0 amide bonds. The van der Waals surface area contributed by atoms with Crippen LogP contribution < -0.4 is 0 Å². The van der Waals surface area contributed by atoms with Crippen molar-refractivity contribution in [2.45, 2.75) is 199 Å². The lowest BCUT2D eigenvalue weighted by Crippen LogP contribution is -2.34. The van der Waals surface area contributed by atoms with Crippen LogP contribution in [0, 0.1) is 33.5 Å². The summed E-state index contributed by atoms with van der Waals surface area (Å²) >= 11 is 0. The monoisotopic (exact) mass is 1230 g/mol. The van der Waals surface area contributed by atoms with Gasteiger partial charge in [0.05, 0.1) is 70.7 Å². The fraction of sp³-hybridized carbons (Fsp3) is 0.710. The Morgan fingerprint density at radius 3 is 1.16 bits per heavy atom. The van der Waals surface area contributed by atoms with Gasteiger partial charge in [-0.25, -0.2) is 9.59 Å². The van der Waals surface area contributed by atoms with E-state index in [9.17, 15) is 57.5 Å². The van der Waals surface area contributed by atoms with Crippen LogP contribution in [0.15, 0.2) is 24.3 Å². The number of carboxylic acid groups (broad SMARTS) is 4. The number of carbonyl (C=O) groups is 12. The zero-order chi connectivity index (χ0) is 66.1. The molecule has 1 aliphatic carbocycles. The largest absolute Gasteiger partial charge is 0.481 e. The van der Waals surface area contributed by atoms with Crippen LogP contribution in [0.2, 0.25) is 0 Å². The van der Waals surface area contributed by atoms with Gasteiger partial charge < -0.3 is 58.3 Å². The Hall–Kier alpha value is -7.14. The summed E-state index contributed by atoms with van der Waals surface area (Å²) in [5.41, 5.74) is -2.28. The molecule has 86 heavy (non-hydrogen) atoms. The standard InChI is InChI=1S/C18H32O6.C16H26O6.C16H20O6.C12H20O6/c1-4-18(2,3)17(22)24-14-10-6-8-12-16(21)23-13-9-5-7-11-15(19)20;2*1-4-16(2,3)15(20)22-10-9-21-14(19)12-8-6-5-7-11(12)13(17)18;1-4-12(2,3)11(16)18-8-7-17-10(15)6-5-9(13)14/h4-14H2,1-3H3,(H,19,20);11-12H,4-10H2,1-3H3,(H,17,18);5-8H,4,9-10H2,1-3H3,(H,17,18);4-8H2,1-3H3,(H,13,14). The number of carbonyl (C=O) groups excluding carboxylic acids is 8. The molecule has 2 unspecified atom stereocenters. The predicted octanol–water partition coefficient (Wildman–Crippen LogP) is 10.0. The molecule has 2 atom stereocenters. The van der Waals surface area contributed by atoms with E-state index < -0.39 is 75.3 Å². The summed E-state index contributed by atoms with van der Waals surface area (Å²) in [5, 5.41) is 35.0. The fourth-order valence-corrected chi connectivity index (χ4v) is 6.74. The van der Waals surface area contributed by atoms with Gasteiger partial charge in [0.25, 0.3) is 0 Å². The first kappa shape index (κ1) is 80.9. The van der Waals surface area contributed by atoms with Crippen LogP contribution in [0.3, 0.4) is 0 Å². The van der Waals surface area contributed by atoms with Crippen molar-refractivity contribution >= 4 is 71.6 Å². The maximum absolute atomic E-state index is 12.0. The summed E-state index contributed by atoms with van der Waals surface area (Å²) in [7, 11) is 0. The van der Waals surface area contributed by atoms with Gasteiger partial charge in [-0.1, -0.05) is 52.7 Å². The molecule has 0 saturated heterocycles. The number of aromatic carboxylic acids is 1. The molecule has 1 aromatic carbocycles. The molecule has 4 N–H and O–H groups in total. The molecule has 0 spiro atoms. The van der Waals surface area contributed by atoms with Crippen molar-refractivity contribution in [3.05, 3.63) is 35.4 Å². The SMILES string of the molecule is CCC(C)(C)C(=O)OCCCCCC(=O)OCCCCCC(=O)O.CCC(C)(C)C(=O)OCCOC(=O)C1CCCCC1C(=O)O.CCC(C)(C)C(=O)OCCOC(=O)CCC(=O)O.CCC(C)(C)C(=O)OCCOC(=O)c1ccccc1C(=O)O. The topological polar surface area (TPSA) is 360 Å². The lowest BCUT2D eigenvalue weighted by molar-refractivity contribution is -0.164. The highest BCUT2D eigenvalue weighted by Gasteiger charge is 2.37. The molecule has 24 nitrogen and oxygen atoms in total. The molecular weight excluding hydrogens is 1130 g/mol. The number of hydrogen-bond donors (Lipinski definition) is 4. The normalized spacial score (nSPS) is 13.8. The number of unbranched alkanes of at least 4 members (excludes halogenated alkanes) is 4. The predicted molar refractivity (Wildman–Crippen MR) is 311 cm³/mol. The van der Waals surface area contributed by atoms with Gasteiger partial charge in [0.15, 0.2) is 0 Å². The first-order chi connectivity index (χ1) is 40.2. The van der Waals surface area contributed by atoms with E-state index in [-0.39, 0.29) is 99.9 Å². The molecule has 0 radical (unpaired) electrons. The van der Waals surface area contributed by atoms with Crippen LogP contribution in [0.25, 0.3) is 0 Å². The number of benzene rings is 1. The second-order valence-corrected chi connectivity index (χ2v) is 22.8. The van der Waals surface area contributed by atoms with Gasteiger partial charge >= 0.3 is 71.6 Å². The zero-order valence-corrected chi connectivity index (χ0v) is 52.8. The molecule has 490 valence electrons. The Bertz CT molecular complexity index is 2300. The second kappa shape index (κ2) is 43.5. The third-order valence-electron chi connectivity index (χ3n) is 14.3. The maximum Gasteiger partial charge on any atom is 0.339 e. The Morgan fingerprint density at radius 1 is 0.395 bits per heavy atom. The van der Waals surface area contributed by atoms with Crippen LogP contribution in [-0.2, 0) is 85.8 Å². The van der Waals surface area contributed by atoms with Gasteiger partial charge in [-0.15, -0.1) is 0 Å². The number of carboxylic acids is 4. The molecule has 24 heteroatoms. The van der Waals surface area contributed by atoms with Gasteiger partial charge in [0.2, 0.25) is 0 Å². The van der Waals surface area contributed by atoms with Gasteiger partial charge in [-0.2, -0.15) is 0 Å². The van der Waals surface area contributed by atoms with Crippen molar-refractivity contribution in [1.29, 1.82) is 0 Å². The van der Waals surface area contributed by atoms with Crippen molar-refractivity contribution in [2.24, 2.45) is 33.5 Å². The van der Waals surface area contributed by atoms with Crippen LogP contribution in [0.1, 0.15) is 219 Å². The summed E-state index contributed by atoms with van der Waals surface area (Å²) in [6.07, 6.45) is 9.82. The van der Waals surface area contributed by atoms with Gasteiger partial charge in [0.1, 0.15) is 39.6 Å². The average Bonchev–Trinajstić information content (AvgIpc) is 3.65. The molecule has 1 fully saturated rings. The van der Waals surface area contributed by atoms with Crippen molar-refractivity contribution in [1.82, 2.24) is 0 Å². The highest BCUT2D eigenvalue weighted by molar-refractivity contribution is 6.02. The number of ether oxygens (including phenoxy) is 8. The molecule has 0 aromatic heterocycles. The lowest BCUT2D eigenvalue weighted by atomic mass is 9.79. The third-order valence-corrected chi connectivity index (χ3v) is 14.3. The first-order valence-corrected chi connectivity index (χ1v) is 29.5. The fourth-order valence-electron chi connectivity index (χ4n) is 6.74. The van der Waals surface area contributed by atoms with Crippen LogP contribution in [0.5, 0.6) is 0 Å². The maximum atomic E-state index is 12.0. The Morgan fingerprint density at radius 2 is 0.744 bits per heavy atom. The van der Waals surface area contributed by atoms with E-state index >= 15 is 0 Å². The summed E-state index contributed by atoms with van der Waals surface area (Å²) in [6.45, 7) is 22.5. The van der Waals surface area contributed by atoms with E-state index in [1.807, 2.05) is 41.5 Å². The summed E-state index contributed by atoms with van der Waals surface area (Å²) in [6, 6.07) is 5.77. The highest BCUT2D eigenvalue weighted by Crippen LogP contribution is 2.31. The van der Waals surface area contributed by atoms with Crippen molar-refractivity contribution < 1.29 is 116 Å². The molecule has 1 aliphatic rings. The molecule has 0 bridgehead atoms. The van der Waals surface area contributed by atoms with E-state index in [1.54, 1.807) is 47.6 Å². The Balaban J connectivity index is 0. The Kier molecular flexibility index (Phi) is 40.9. The van der Waals surface area contributed by atoms with Crippen LogP contribution in [-0.4, -0.2) is 145 Å². The number of hydrogen-bond acceptors (Lipinski definition) is 20. The zero-order valence-electron chi connectivity index (χ0n) is 52.8. The van der Waals surface area contributed by atoms with Gasteiger partial charge in [-0.3, -0.25) is 47.9 Å². The molecule has 0 heterocycles. The lowest BCUT2D eigenvalue weighted by Gasteiger charge is -2.26. The van der Waals surface area contributed by atoms with E-state index in [0.717, 1.165) is 38.5 Å². The van der Waals surface area contributed by atoms with Crippen molar-refractivity contribution in [3.63, 3.8) is 0 Å². The molecule has 1 aromatic rings. The minimum Gasteiger partial charge on any atom is -0.481 e. The van der Waals surface area contributed by atoms with Crippen LogP contribution >= 0.6 is 0 Å². The van der Waals surface area contributed by atoms with Gasteiger partial charge in [-0.05, 0) is 145 Å². The quantitative estimate of drug-likeness (QED) is 0.0275. The number of aliphatic carboxylic acids is 3. The summed E-state index contributed by atoms with van der Waals surface area (Å²) in [4.78, 5) is 136. The molecule has 2 rings (SSSR count). The van der Waals surface area contributed by atoms with E-state index in [0.29, 0.717) is 71.0 Å². The smallest absolute Gasteiger partial charge is 0.339 e. The van der Waals surface area contributed by atoms with Crippen molar-refractivity contribution in [2.75, 3.05) is 52.9 Å². The third kappa shape index (κ3) is 36.0. The van der Waals surface area contributed by atoms with E-state index in [2.05, 4.69) is 0 Å². The minimum atomic E-state index is -1.20. The summed E-state index contributed by atoms with van der Waals surface area (Å²) < 4.78 is 40.1. The van der Waals surface area contributed by atoms with Crippen LogP contribution in [0.4, 0.5) is 0 Å². The van der Waals surface area contributed by atoms with Gasteiger partial charge in [0, 0.05) is 12.8 Å². The van der Waals surface area contributed by atoms with Crippen molar-refractivity contribution in [3.8, 4) is 0 Å². The number of rotatable bonds is 36. The highest BCUT2D eigenvalue weighted by atomic mass is 16.6. The number of esters is 8. The van der Waals surface area contributed by atoms with E-state index in [1.165, 1.54) is 18.2 Å². The molecular formula is C62H98O24. The molecule has 1 saturated carbocycles. The minimum absolute atomic E-state index is 0.00153. The first-order valence-electron chi connectivity index (χ1n) is 29.5. The summed E-state index contributed by atoms with van der Waals surface area (Å²) in [5.74, 6) is -8.55. The average molecular weight is 1230 g/mol. The second-order valence-electron chi connectivity index (χ2n) is 22.8. The Labute approximate surface area is 506 Å². The van der Waals surface area contributed by atoms with E-state index in [4.69, 9.17) is 58.3 Å². The molecule has 0 aliphatic heterocycles.